The summed E-state index contributed by atoms with van der Waals surface area (Å²) in [5.41, 5.74) is -0.102. The summed E-state index contributed by atoms with van der Waals surface area (Å²) in [4.78, 5) is 1.84. The third-order valence-corrected chi connectivity index (χ3v) is 3.09. The lowest BCUT2D eigenvalue weighted by molar-refractivity contribution is -0.137. The van der Waals surface area contributed by atoms with E-state index in [-0.39, 0.29) is 12.6 Å². The molecule has 1 saturated heterocycles. The summed E-state index contributed by atoms with van der Waals surface area (Å²) < 4.78 is 37.7. The highest BCUT2D eigenvalue weighted by atomic mass is 19.4. The molecule has 1 N–H and O–H groups in total. The van der Waals surface area contributed by atoms with E-state index in [0.29, 0.717) is 12.2 Å². The second-order valence-electron chi connectivity index (χ2n) is 4.22. The third kappa shape index (κ3) is 2.54. The van der Waals surface area contributed by atoms with Crippen LogP contribution in [0, 0.1) is 0 Å². The second-order valence-corrected chi connectivity index (χ2v) is 4.22. The summed E-state index contributed by atoms with van der Waals surface area (Å²) in [5.74, 6) is 0. The van der Waals surface area contributed by atoms with E-state index in [2.05, 4.69) is 0 Å². The molecule has 17 heavy (non-hydrogen) atoms. The molecule has 0 radical (unpaired) electrons. The molecular weight excluding hydrogens is 231 g/mol. The van der Waals surface area contributed by atoms with Gasteiger partial charge < -0.3 is 10.0 Å². The fraction of sp³-hybridized carbons (Fsp3) is 0.500. The van der Waals surface area contributed by atoms with Crippen LogP contribution in [0.2, 0.25) is 0 Å². The Balaban J connectivity index is 2.27. The van der Waals surface area contributed by atoms with Gasteiger partial charge in [0.05, 0.1) is 18.2 Å². The molecule has 2 nitrogen and oxygen atoms in total. The van der Waals surface area contributed by atoms with Gasteiger partial charge in [-0.15, -0.1) is 0 Å². The van der Waals surface area contributed by atoms with Crippen LogP contribution in [0.25, 0.3) is 0 Å². The number of halogens is 3. The summed E-state index contributed by atoms with van der Waals surface area (Å²) in [6.07, 6.45) is -2.58. The molecule has 1 heterocycles. The van der Waals surface area contributed by atoms with Crippen molar-refractivity contribution in [1.29, 1.82) is 0 Å². The second kappa shape index (κ2) is 4.56. The van der Waals surface area contributed by atoms with Gasteiger partial charge in [0, 0.05) is 12.2 Å². The van der Waals surface area contributed by atoms with E-state index in [1.165, 1.54) is 6.07 Å². The SMILES string of the molecule is OCC1CCCN1c1cccc(C(F)(F)F)c1. The fourth-order valence-electron chi connectivity index (χ4n) is 2.23. The maximum absolute atomic E-state index is 12.6. The molecule has 1 aromatic rings. The van der Waals surface area contributed by atoms with Gasteiger partial charge in [0.2, 0.25) is 0 Å². The van der Waals surface area contributed by atoms with E-state index in [4.69, 9.17) is 5.11 Å². The van der Waals surface area contributed by atoms with E-state index in [0.717, 1.165) is 25.0 Å². The molecule has 1 aromatic carbocycles. The number of benzene rings is 1. The number of hydrogen-bond donors (Lipinski definition) is 1. The van der Waals surface area contributed by atoms with Crippen LogP contribution in [-0.4, -0.2) is 24.3 Å². The Morgan fingerprint density at radius 1 is 1.35 bits per heavy atom. The highest BCUT2D eigenvalue weighted by molar-refractivity contribution is 5.51. The van der Waals surface area contributed by atoms with Gasteiger partial charge in [0.1, 0.15) is 0 Å². The van der Waals surface area contributed by atoms with Crippen LogP contribution in [0.5, 0.6) is 0 Å². The Morgan fingerprint density at radius 3 is 2.76 bits per heavy atom. The number of nitrogens with zero attached hydrogens (tertiary/aromatic N) is 1. The Bertz CT molecular complexity index is 392. The maximum Gasteiger partial charge on any atom is 0.416 e. The van der Waals surface area contributed by atoms with Crippen molar-refractivity contribution in [2.24, 2.45) is 0 Å². The van der Waals surface area contributed by atoms with E-state index in [1.54, 1.807) is 6.07 Å². The zero-order valence-corrected chi connectivity index (χ0v) is 9.24. The minimum atomic E-state index is -4.32. The Labute approximate surface area is 97.7 Å². The summed E-state index contributed by atoms with van der Waals surface area (Å²) in [6, 6.07) is 5.22. The van der Waals surface area contributed by atoms with Crippen molar-refractivity contribution in [2.75, 3.05) is 18.1 Å². The van der Waals surface area contributed by atoms with Gasteiger partial charge in [-0.1, -0.05) is 6.07 Å². The molecule has 2 rings (SSSR count). The van der Waals surface area contributed by atoms with Crippen LogP contribution in [0.3, 0.4) is 0 Å². The number of aliphatic hydroxyl groups excluding tert-OH is 1. The molecule has 0 bridgehead atoms. The predicted molar refractivity (Wildman–Crippen MR) is 58.9 cm³/mol. The first kappa shape index (κ1) is 12.2. The van der Waals surface area contributed by atoms with Crippen molar-refractivity contribution in [2.45, 2.75) is 25.1 Å². The summed E-state index contributed by atoms with van der Waals surface area (Å²) in [6.45, 7) is 0.683. The van der Waals surface area contributed by atoms with Gasteiger partial charge in [-0.05, 0) is 31.0 Å². The van der Waals surface area contributed by atoms with Gasteiger partial charge in [-0.3, -0.25) is 0 Å². The summed E-state index contributed by atoms with van der Waals surface area (Å²) in [5, 5.41) is 9.16. The molecule has 94 valence electrons. The highest BCUT2D eigenvalue weighted by Gasteiger charge is 2.32. The molecule has 0 aliphatic carbocycles. The average molecular weight is 245 g/mol. The van der Waals surface area contributed by atoms with Crippen molar-refractivity contribution in [1.82, 2.24) is 0 Å². The lowest BCUT2D eigenvalue weighted by atomic mass is 10.1. The zero-order chi connectivity index (χ0) is 12.5. The fourth-order valence-corrected chi connectivity index (χ4v) is 2.23. The van der Waals surface area contributed by atoms with E-state index in [1.807, 2.05) is 4.90 Å². The standard InChI is InChI=1S/C12H14F3NO/c13-12(14,15)9-3-1-4-10(7-9)16-6-2-5-11(16)8-17/h1,3-4,7,11,17H,2,5-6,8H2. The van der Waals surface area contributed by atoms with Gasteiger partial charge >= 0.3 is 6.18 Å². The molecule has 1 atom stereocenters. The molecule has 1 unspecified atom stereocenters. The number of hydrogen-bond acceptors (Lipinski definition) is 2. The van der Waals surface area contributed by atoms with Crippen LogP contribution in [0.15, 0.2) is 24.3 Å². The number of anilines is 1. The number of aliphatic hydroxyl groups is 1. The molecule has 1 aliphatic heterocycles. The first-order valence-electron chi connectivity index (χ1n) is 5.57. The van der Waals surface area contributed by atoms with Gasteiger partial charge in [0.25, 0.3) is 0 Å². The minimum Gasteiger partial charge on any atom is -0.394 e. The predicted octanol–water partition coefficient (Wildman–Crippen LogP) is 2.67. The van der Waals surface area contributed by atoms with Crippen LogP contribution in [0.4, 0.5) is 18.9 Å². The Kier molecular flexibility index (Phi) is 3.28. The topological polar surface area (TPSA) is 23.5 Å². The molecule has 1 aliphatic rings. The quantitative estimate of drug-likeness (QED) is 0.865. The molecule has 5 heteroatoms. The van der Waals surface area contributed by atoms with Crippen molar-refractivity contribution >= 4 is 5.69 Å². The van der Waals surface area contributed by atoms with Crippen LogP contribution >= 0.6 is 0 Å². The summed E-state index contributed by atoms with van der Waals surface area (Å²) in [7, 11) is 0. The number of rotatable bonds is 2. The minimum absolute atomic E-state index is 0.0176. The highest BCUT2D eigenvalue weighted by Crippen LogP contribution is 2.33. The largest absolute Gasteiger partial charge is 0.416 e. The van der Waals surface area contributed by atoms with E-state index in [9.17, 15) is 13.2 Å². The molecule has 0 aromatic heterocycles. The van der Waals surface area contributed by atoms with Gasteiger partial charge in [-0.25, -0.2) is 0 Å². The van der Waals surface area contributed by atoms with Crippen LogP contribution in [-0.2, 0) is 6.18 Å². The zero-order valence-electron chi connectivity index (χ0n) is 9.24. The first-order valence-corrected chi connectivity index (χ1v) is 5.57. The third-order valence-electron chi connectivity index (χ3n) is 3.09. The molecule has 1 fully saturated rings. The Morgan fingerprint density at radius 2 is 2.12 bits per heavy atom. The maximum atomic E-state index is 12.6. The van der Waals surface area contributed by atoms with Crippen molar-refractivity contribution < 1.29 is 18.3 Å². The molecule has 0 spiro atoms. The van der Waals surface area contributed by atoms with Crippen molar-refractivity contribution in [3.63, 3.8) is 0 Å². The Hall–Kier alpha value is -1.23. The van der Waals surface area contributed by atoms with Crippen LogP contribution < -0.4 is 4.90 Å². The molecular formula is C12H14F3NO. The first-order chi connectivity index (χ1) is 8.02. The lowest BCUT2D eigenvalue weighted by Gasteiger charge is -2.25. The monoisotopic (exact) mass is 245 g/mol. The smallest absolute Gasteiger partial charge is 0.394 e. The van der Waals surface area contributed by atoms with Crippen molar-refractivity contribution in [3.05, 3.63) is 29.8 Å². The van der Waals surface area contributed by atoms with E-state index >= 15 is 0 Å². The average Bonchev–Trinajstić information content (AvgIpc) is 2.76. The summed E-state index contributed by atoms with van der Waals surface area (Å²) >= 11 is 0. The normalized spacial score (nSPS) is 20.9. The lowest BCUT2D eigenvalue weighted by Crippen LogP contribution is -2.32. The van der Waals surface area contributed by atoms with Gasteiger partial charge in [0.15, 0.2) is 0 Å². The van der Waals surface area contributed by atoms with Crippen molar-refractivity contribution in [3.8, 4) is 0 Å². The molecule has 0 saturated carbocycles. The number of alkyl halides is 3. The van der Waals surface area contributed by atoms with Gasteiger partial charge in [-0.2, -0.15) is 13.2 Å². The molecule has 0 amide bonds. The van der Waals surface area contributed by atoms with Crippen LogP contribution in [0.1, 0.15) is 18.4 Å². The van der Waals surface area contributed by atoms with E-state index < -0.39 is 11.7 Å².